The second kappa shape index (κ2) is 4.04. The van der Waals surface area contributed by atoms with E-state index in [9.17, 15) is 4.79 Å². The summed E-state index contributed by atoms with van der Waals surface area (Å²) in [5.41, 5.74) is 8.33. The number of nitrogens with zero attached hydrogens (tertiary/aromatic N) is 2. The second-order valence-electron chi connectivity index (χ2n) is 4.09. The van der Waals surface area contributed by atoms with E-state index in [0.717, 1.165) is 30.4 Å². The first kappa shape index (κ1) is 10.8. The van der Waals surface area contributed by atoms with Crippen LogP contribution in [0, 0.1) is 0 Å². The number of unbranched alkanes of at least 4 members (excludes halogenated alkanes) is 1. The van der Waals surface area contributed by atoms with Gasteiger partial charge in [-0.15, -0.1) is 0 Å². The summed E-state index contributed by atoms with van der Waals surface area (Å²) in [6.45, 7) is 2.89. The van der Waals surface area contributed by atoms with Crippen molar-refractivity contribution in [2.45, 2.75) is 26.3 Å². The predicted molar refractivity (Wildman–Crippen MR) is 66.5 cm³/mol. The van der Waals surface area contributed by atoms with E-state index in [0.29, 0.717) is 5.69 Å². The molecule has 0 aliphatic rings. The summed E-state index contributed by atoms with van der Waals surface area (Å²) in [4.78, 5) is 12.0. The van der Waals surface area contributed by atoms with Gasteiger partial charge in [0.2, 0.25) is 0 Å². The van der Waals surface area contributed by atoms with E-state index in [1.54, 1.807) is 11.6 Å². The highest BCUT2D eigenvalue weighted by Gasteiger charge is 2.09. The topological polar surface area (TPSA) is 53.0 Å². The predicted octanol–water partition coefficient (Wildman–Crippen LogP) is 1.72. The molecule has 2 N–H and O–H groups in total. The minimum Gasteiger partial charge on any atom is -0.399 e. The zero-order valence-electron chi connectivity index (χ0n) is 9.73. The minimum absolute atomic E-state index is 0.0362. The van der Waals surface area contributed by atoms with Crippen molar-refractivity contribution in [2.75, 3.05) is 5.73 Å². The molecule has 4 heteroatoms. The molecule has 16 heavy (non-hydrogen) atoms. The maximum atomic E-state index is 12.0. The first-order chi connectivity index (χ1) is 7.65. The Labute approximate surface area is 94.3 Å². The number of anilines is 1. The van der Waals surface area contributed by atoms with Crippen LogP contribution in [0.25, 0.3) is 11.0 Å². The number of benzene rings is 1. The Kier molecular flexibility index (Phi) is 2.73. The smallest absolute Gasteiger partial charge is 0.328 e. The van der Waals surface area contributed by atoms with Crippen molar-refractivity contribution < 1.29 is 0 Å². The van der Waals surface area contributed by atoms with Gasteiger partial charge in [0.15, 0.2) is 0 Å². The third-order valence-electron chi connectivity index (χ3n) is 2.90. The number of imidazole rings is 1. The van der Waals surface area contributed by atoms with E-state index in [1.807, 2.05) is 22.8 Å². The van der Waals surface area contributed by atoms with E-state index in [2.05, 4.69) is 6.92 Å². The van der Waals surface area contributed by atoms with Crippen LogP contribution in [0.1, 0.15) is 19.8 Å². The average molecular weight is 219 g/mol. The lowest BCUT2D eigenvalue weighted by Gasteiger charge is -2.01. The van der Waals surface area contributed by atoms with Crippen LogP contribution in [0.4, 0.5) is 5.69 Å². The van der Waals surface area contributed by atoms with E-state index >= 15 is 0 Å². The zero-order chi connectivity index (χ0) is 11.7. The van der Waals surface area contributed by atoms with Crippen LogP contribution in [0.15, 0.2) is 23.0 Å². The van der Waals surface area contributed by atoms with Crippen LogP contribution in [0.2, 0.25) is 0 Å². The molecule has 0 aliphatic heterocycles. The van der Waals surface area contributed by atoms with Gasteiger partial charge < -0.3 is 5.73 Å². The van der Waals surface area contributed by atoms with E-state index in [-0.39, 0.29) is 5.69 Å². The zero-order valence-corrected chi connectivity index (χ0v) is 9.73. The maximum Gasteiger partial charge on any atom is 0.328 e. The van der Waals surface area contributed by atoms with Crippen molar-refractivity contribution in [2.24, 2.45) is 7.05 Å². The van der Waals surface area contributed by atoms with Crippen molar-refractivity contribution in [1.82, 2.24) is 9.13 Å². The number of fused-ring (bicyclic) bond motifs is 1. The van der Waals surface area contributed by atoms with Crippen molar-refractivity contribution in [1.29, 1.82) is 0 Å². The van der Waals surface area contributed by atoms with Gasteiger partial charge in [0.25, 0.3) is 0 Å². The summed E-state index contributed by atoms with van der Waals surface area (Å²) in [7, 11) is 1.78. The van der Waals surface area contributed by atoms with Crippen LogP contribution in [0.5, 0.6) is 0 Å². The molecule has 0 fully saturated rings. The highest BCUT2D eigenvalue weighted by molar-refractivity contribution is 5.79. The molecule has 0 saturated heterocycles. The molecule has 0 radical (unpaired) electrons. The summed E-state index contributed by atoms with van der Waals surface area (Å²) in [5, 5.41) is 0. The number of hydrogen-bond acceptors (Lipinski definition) is 2. The number of nitrogens with two attached hydrogens (primary N) is 1. The lowest BCUT2D eigenvalue weighted by atomic mass is 10.2. The maximum absolute atomic E-state index is 12.0. The second-order valence-corrected chi connectivity index (χ2v) is 4.09. The summed E-state index contributed by atoms with van der Waals surface area (Å²) in [6, 6.07) is 5.60. The Morgan fingerprint density at radius 2 is 2.06 bits per heavy atom. The number of hydrogen-bond donors (Lipinski definition) is 1. The Balaban J connectivity index is 2.64. The molecule has 0 spiro atoms. The molecule has 0 bridgehead atoms. The fourth-order valence-electron chi connectivity index (χ4n) is 1.96. The SMILES string of the molecule is CCCCn1c(=O)n(C)c2cc(N)ccc21. The normalized spacial score (nSPS) is 11.1. The number of nitrogen functional groups attached to an aromatic ring is 1. The van der Waals surface area contributed by atoms with E-state index in [4.69, 9.17) is 5.73 Å². The number of aromatic nitrogens is 2. The summed E-state index contributed by atoms with van der Waals surface area (Å²) in [6.07, 6.45) is 2.10. The van der Waals surface area contributed by atoms with Gasteiger partial charge in [-0.3, -0.25) is 9.13 Å². The molecule has 0 aliphatic carbocycles. The third kappa shape index (κ3) is 1.60. The van der Waals surface area contributed by atoms with Gasteiger partial charge in [0.1, 0.15) is 0 Å². The summed E-state index contributed by atoms with van der Waals surface area (Å²) >= 11 is 0. The van der Waals surface area contributed by atoms with Gasteiger partial charge in [-0.1, -0.05) is 13.3 Å². The molecule has 0 saturated carbocycles. The number of rotatable bonds is 3. The molecular weight excluding hydrogens is 202 g/mol. The first-order valence-electron chi connectivity index (χ1n) is 5.60. The van der Waals surface area contributed by atoms with Crippen LogP contribution in [-0.2, 0) is 13.6 Å². The Bertz CT molecular complexity index is 565. The van der Waals surface area contributed by atoms with Gasteiger partial charge in [0, 0.05) is 19.3 Å². The average Bonchev–Trinajstić information content (AvgIpc) is 2.50. The monoisotopic (exact) mass is 219 g/mol. The Morgan fingerprint density at radius 3 is 2.75 bits per heavy atom. The molecule has 2 aromatic rings. The van der Waals surface area contributed by atoms with Gasteiger partial charge in [-0.05, 0) is 24.6 Å². The molecule has 4 nitrogen and oxygen atoms in total. The number of aryl methyl sites for hydroxylation is 2. The molecule has 0 unspecified atom stereocenters. The highest BCUT2D eigenvalue weighted by atomic mass is 16.1. The highest BCUT2D eigenvalue weighted by Crippen LogP contribution is 2.16. The van der Waals surface area contributed by atoms with Crippen molar-refractivity contribution in [3.8, 4) is 0 Å². The molecule has 1 heterocycles. The van der Waals surface area contributed by atoms with Crippen LogP contribution >= 0.6 is 0 Å². The third-order valence-corrected chi connectivity index (χ3v) is 2.90. The van der Waals surface area contributed by atoms with Gasteiger partial charge in [-0.2, -0.15) is 0 Å². The standard InChI is InChI=1S/C12H17N3O/c1-3-4-7-15-10-6-5-9(13)8-11(10)14(2)12(15)16/h5-6,8H,3-4,7,13H2,1-2H3. The quantitative estimate of drug-likeness (QED) is 0.799. The minimum atomic E-state index is 0.0362. The van der Waals surface area contributed by atoms with E-state index < -0.39 is 0 Å². The molecule has 1 aromatic carbocycles. The molecule has 1 aromatic heterocycles. The van der Waals surface area contributed by atoms with Crippen molar-refractivity contribution >= 4 is 16.7 Å². The largest absolute Gasteiger partial charge is 0.399 e. The Hall–Kier alpha value is -1.71. The van der Waals surface area contributed by atoms with Crippen LogP contribution in [0.3, 0.4) is 0 Å². The fraction of sp³-hybridized carbons (Fsp3) is 0.417. The lowest BCUT2D eigenvalue weighted by molar-refractivity contribution is 0.615. The molecule has 86 valence electrons. The first-order valence-corrected chi connectivity index (χ1v) is 5.60. The van der Waals surface area contributed by atoms with Crippen molar-refractivity contribution in [3.63, 3.8) is 0 Å². The molecular formula is C12H17N3O. The van der Waals surface area contributed by atoms with Gasteiger partial charge in [-0.25, -0.2) is 4.79 Å². The fourth-order valence-corrected chi connectivity index (χ4v) is 1.96. The van der Waals surface area contributed by atoms with Gasteiger partial charge in [0.05, 0.1) is 11.0 Å². The summed E-state index contributed by atoms with van der Waals surface area (Å²) in [5.74, 6) is 0. The summed E-state index contributed by atoms with van der Waals surface area (Å²) < 4.78 is 3.47. The Morgan fingerprint density at radius 1 is 1.31 bits per heavy atom. The lowest BCUT2D eigenvalue weighted by Crippen LogP contribution is -2.22. The van der Waals surface area contributed by atoms with Crippen LogP contribution < -0.4 is 11.4 Å². The van der Waals surface area contributed by atoms with Crippen LogP contribution in [-0.4, -0.2) is 9.13 Å². The molecule has 0 amide bonds. The molecule has 2 rings (SSSR count). The molecule has 0 atom stereocenters. The van der Waals surface area contributed by atoms with Gasteiger partial charge >= 0.3 is 5.69 Å². The van der Waals surface area contributed by atoms with E-state index in [1.165, 1.54) is 0 Å². The van der Waals surface area contributed by atoms with Crippen molar-refractivity contribution in [3.05, 3.63) is 28.7 Å².